The van der Waals surface area contributed by atoms with Crippen molar-refractivity contribution in [3.63, 3.8) is 0 Å². The van der Waals surface area contributed by atoms with E-state index in [1.807, 2.05) is 0 Å². The van der Waals surface area contributed by atoms with Gasteiger partial charge in [-0.25, -0.2) is 4.79 Å². The maximum Gasteiger partial charge on any atom is 0.339 e. The van der Waals surface area contributed by atoms with Gasteiger partial charge in [0.15, 0.2) is 6.54 Å². The van der Waals surface area contributed by atoms with Crippen LogP contribution in [0.4, 0.5) is 5.69 Å². The number of methoxy groups -OCH3 is 1. The number of hydrogen-bond acceptors (Lipinski definition) is 3. The van der Waals surface area contributed by atoms with Gasteiger partial charge in [-0.2, -0.15) is 0 Å². The second-order valence-electron chi connectivity index (χ2n) is 7.37. The van der Waals surface area contributed by atoms with Crippen molar-refractivity contribution < 1.29 is 24.1 Å². The van der Waals surface area contributed by atoms with E-state index in [9.17, 15) is 9.59 Å². The van der Waals surface area contributed by atoms with Gasteiger partial charge in [-0.1, -0.05) is 36.4 Å². The molecule has 0 spiro atoms. The monoisotopic (exact) mass is 383 g/mol. The van der Waals surface area contributed by atoms with Crippen LogP contribution in [-0.4, -0.2) is 51.7 Å². The van der Waals surface area contributed by atoms with Crippen LogP contribution in [0.3, 0.4) is 0 Å². The molecule has 0 radical (unpaired) electrons. The molecule has 2 aromatic rings. The summed E-state index contributed by atoms with van der Waals surface area (Å²) in [7, 11) is 1.34. The third kappa shape index (κ3) is 5.18. The average molecular weight is 383 g/mol. The minimum Gasteiger partial charge on any atom is -0.465 e. The molecule has 1 aliphatic rings. The van der Waals surface area contributed by atoms with Gasteiger partial charge in [0.2, 0.25) is 0 Å². The number of aryl methyl sites for hydroxylation is 1. The standard InChI is InChI=1S/C22H27N3O3/c1-17-7-3-4-8-18(17)15-24-11-13-25(14-12-24)16-21(26)23-20-10-6-5-9-19(20)22(27)28-2/h3-10H,11-16H2,1-2H3,(H,23,26)/p+2. The van der Waals surface area contributed by atoms with Gasteiger partial charge in [0.25, 0.3) is 5.91 Å². The normalized spacial score (nSPS) is 19.1. The Morgan fingerprint density at radius 3 is 2.32 bits per heavy atom. The number of benzene rings is 2. The Kier molecular flexibility index (Phi) is 6.79. The molecule has 1 heterocycles. The van der Waals surface area contributed by atoms with E-state index < -0.39 is 5.97 Å². The summed E-state index contributed by atoms with van der Waals surface area (Å²) >= 11 is 0. The summed E-state index contributed by atoms with van der Waals surface area (Å²) in [6.45, 7) is 7.64. The number of carbonyl (C=O) groups excluding carboxylic acids is 2. The summed E-state index contributed by atoms with van der Waals surface area (Å²) in [4.78, 5) is 27.1. The molecule has 1 amide bonds. The molecule has 3 N–H and O–H groups in total. The van der Waals surface area contributed by atoms with Crippen LogP contribution in [0, 0.1) is 6.92 Å². The van der Waals surface area contributed by atoms with E-state index in [1.54, 1.807) is 29.2 Å². The number of piperazine rings is 1. The molecule has 0 aromatic heterocycles. The third-order valence-corrected chi connectivity index (χ3v) is 5.38. The Bertz CT molecular complexity index is 829. The van der Waals surface area contributed by atoms with Gasteiger partial charge in [-0.15, -0.1) is 0 Å². The molecule has 1 fully saturated rings. The fourth-order valence-corrected chi connectivity index (χ4v) is 3.69. The van der Waals surface area contributed by atoms with Gasteiger partial charge in [0.05, 0.1) is 18.4 Å². The molecule has 2 aromatic carbocycles. The van der Waals surface area contributed by atoms with Crippen LogP contribution in [0.2, 0.25) is 0 Å². The van der Waals surface area contributed by atoms with E-state index in [-0.39, 0.29) is 5.91 Å². The summed E-state index contributed by atoms with van der Waals surface area (Å²) in [6.07, 6.45) is 0. The highest BCUT2D eigenvalue weighted by molar-refractivity contribution is 6.01. The molecule has 0 atom stereocenters. The molecule has 1 saturated heterocycles. The first kappa shape index (κ1) is 20.0. The topological polar surface area (TPSA) is 64.3 Å². The zero-order valence-corrected chi connectivity index (χ0v) is 16.6. The van der Waals surface area contributed by atoms with Gasteiger partial charge < -0.3 is 19.9 Å². The number of ether oxygens (including phenoxy) is 1. The number of anilines is 1. The molecular weight excluding hydrogens is 354 g/mol. The van der Waals surface area contributed by atoms with Crippen molar-refractivity contribution in [2.75, 3.05) is 45.2 Å². The highest BCUT2D eigenvalue weighted by Crippen LogP contribution is 2.15. The lowest BCUT2D eigenvalue weighted by molar-refractivity contribution is -1.02. The molecule has 0 aliphatic carbocycles. The number of carbonyl (C=O) groups is 2. The molecule has 0 unspecified atom stereocenters. The van der Waals surface area contributed by atoms with Crippen molar-refractivity contribution in [1.29, 1.82) is 0 Å². The van der Waals surface area contributed by atoms with E-state index in [0.717, 1.165) is 32.7 Å². The second-order valence-corrected chi connectivity index (χ2v) is 7.37. The largest absolute Gasteiger partial charge is 0.465 e. The molecule has 0 saturated carbocycles. The molecule has 6 nitrogen and oxygen atoms in total. The van der Waals surface area contributed by atoms with Crippen LogP contribution in [0.25, 0.3) is 0 Å². The summed E-state index contributed by atoms with van der Waals surface area (Å²) in [6, 6.07) is 15.5. The zero-order valence-electron chi connectivity index (χ0n) is 16.6. The Hall–Kier alpha value is -2.70. The lowest BCUT2D eigenvalue weighted by atomic mass is 10.1. The van der Waals surface area contributed by atoms with Crippen molar-refractivity contribution in [1.82, 2.24) is 0 Å². The van der Waals surface area contributed by atoms with Crippen molar-refractivity contribution in [2.24, 2.45) is 0 Å². The molecule has 6 heteroatoms. The van der Waals surface area contributed by atoms with E-state index in [0.29, 0.717) is 17.8 Å². The third-order valence-electron chi connectivity index (χ3n) is 5.38. The number of esters is 1. The zero-order chi connectivity index (χ0) is 19.9. The van der Waals surface area contributed by atoms with Crippen molar-refractivity contribution in [2.45, 2.75) is 13.5 Å². The molecule has 1 aliphatic heterocycles. The number of para-hydroxylation sites is 1. The van der Waals surface area contributed by atoms with Gasteiger partial charge in [0.1, 0.15) is 32.7 Å². The van der Waals surface area contributed by atoms with Crippen LogP contribution in [0.5, 0.6) is 0 Å². The highest BCUT2D eigenvalue weighted by Gasteiger charge is 2.25. The lowest BCUT2D eigenvalue weighted by Gasteiger charge is -2.29. The predicted octanol–water partition coefficient (Wildman–Crippen LogP) is -0.296. The number of amides is 1. The van der Waals surface area contributed by atoms with Gasteiger partial charge >= 0.3 is 5.97 Å². The number of quaternary nitrogens is 2. The first-order valence-electron chi connectivity index (χ1n) is 9.75. The minimum atomic E-state index is -0.448. The van der Waals surface area contributed by atoms with E-state index >= 15 is 0 Å². The van der Waals surface area contributed by atoms with Gasteiger partial charge in [-0.05, 0) is 24.6 Å². The Morgan fingerprint density at radius 1 is 0.964 bits per heavy atom. The van der Waals surface area contributed by atoms with Crippen LogP contribution in [0.15, 0.2) is 48.5 Å². The molecular formula is C22H29N3O3+2. The van der Waals surface area contributed by atoms with Gasteiger partial charge in [-0.3, -0.25) is 4.79 Å². The summed E-state index contributed by atoms with van der Waals surface area (Å²) in [5.74, 6) is -0.523. The van der Waals surface area contributed by atoms with E-state index in [1.165, 1.54) is 23.1 Å². The fraction of sp³-hybridized carbons (Fsp3) is 0.364. The van der Waals surface area contributed by atoms with Crippen molar-refractivity contribution >= 4 is 17.6 Å². The van der Waals surface area contributed by atoms with E-state index in [4.69, 9.17) is 4.74 Å². The molecule has 0 bridgehead atoms. The average Bonchev–Trinajstić information content (AvgIpc) is 2.71. The number of nitrogens with one attached hydrogen (secondary N) is 3. The SMILES string of the molecule is COC(=O)c1ccccc1NC(=O)C[NH+]1CC[NH+](Cc2ccccc2C)CC1. The summed E-state index contributed by atoms with van der Waals surface area (Å²) in [5.41, 5.74) is 3.62. The van der Waals surface area contributed by atoms with Crippen molar-refractivity contribution in [3.8, 4) is 0 Å². The first-order chi connectivity index (χ1) is 13.6. The van der Waals surface area contributed by atoms with E-state index in [2.05, 4.69) is 36.5 Å². The lowest BCUT2D eigenvalue weighted by Crippen LogP contribution is -3.28. The predicted molar refractivity (Wildman–Crippen MR) is 108 cm³/mol. The highest BCUT2D eigenvalue weighted by atomic mass is 16.5. The Balaban J connectivity index is 1.49. The van der Waals surface area contributed by atoms with Crippen LogP contribution < -0.4 is 15.1 Å². The molecule has 28 heavy (non-hydrogen) atoms. The second kappa shape index (κ2) is 9.48. The maximum absolute atomic E-state index is 12.5. The quantitative estimate of drug-likeness (QED) is 0.601. The van der Waals surface area contributed by atoms with Crippen LogP contribution >= 0.6 is 0 Å². The Morgan fingerprint density at radius 2 is 1.61 bits per heavy atom. The van der Waals surface area contributed by atoms with Crippen molar-refractivity contribution in [3.05, 3.63) is 65.2 Å². The fourth-order valence-electron chi connectivity index (χ4n) is 3.69. The number of rotatable bonds is 6. The van der Waals surface area contributed by atoms with Crippen LogP contribution in [0.1, 0.15) is 21.5 Å². The number of hydrogen-bond donors (Lipinski definition) is 3. The van der Waals surface area contributed by atoms with Gasteiger partial charge in [0, 0.05) is 5.56 Å². The van der Waals surface area contributed by atoms with Crippen LogP contribution in [-0.2, 0) is 16.1 Å². The Labute approximate surface area is 166 Å². The summed E-state index contributed by atoms with van der Waals surface area (Å²) < 4.78 is 4.78. The minimum absolute atomic E-state index is 0.0753. The summed E-state index contributed by atoms with van der Waals surface area (Å²) in [5, 5.41) is 2.86. The first-order valence-corrected chi connectivity index (χ1v) is 9.75. The molecule has 3 rings (SSSR count). The smallest absolute Gasteiger partial charge is 0.339 e. The molecule has 148 valence electrons. The maximum atomic E-state index is 12.5.